The SMILES string of the molecule is Cc1nc2cc(C(=O)NC3CCCNC3)ccc2n1-c1ccccc1. The highest BCUT2D eigenvalue weighted by Crippen LogP contribution is 2.22. The number of aromatic nitrogens is 2. The second kappa shape index (κ2) is 6.69. The van der Waals surface area contributed by atoms with Gasteiger partial charge in [-0.3, -0.25) is 9.36 Å². The van der Waals surface area contributed by atoms with Crippen LogP contribution in [0.3, 0.4) is 0 Å². The van der Waals surface area contributed by atoms with Gasteiger partial charge in [0.15, 0.2) is 0 Å². The number of aryl methyl sites for hydroxylation is 1. The summed E-state index contributed by atoms with van der Waals surface area (Å²) in [4.78, 5) is 17.2. The molecule has 1 fully saturated rings. The maximum absolute atomic E-state index is 12.5. The monoisotopic (exact) mass is 334 g/mol. The molecule has 0 bridgehead atoms. The summed E-state index contributed by atoms with van der Waals surface area (Å²) < 4.78 is 2.11. The predicted molar refractivity (Wildman–Crippen MR) is 99.2 cm³/mol. The first kappa shape index (κ1) is 15.8. The lowest BCUT2D eigenvalue weighted by molar-refractivity contribution is 0.0931. The zero-order chi connectivity index (χ0) is 17.2. The highest BCUT2D eigenvalue weighted by atomic mass is 16.1. The van der Waals surface area contributed by atoms with Crippen LogP contribution in [0.25, 0.3) is 16.7 Å². The van der Waals surface area contributed by atoms with Crippen molar-refractivity contribution in [2.45, 2.75) is 25.8 Å². The van der Waals surface area contributed by atoms with E-state index in [2.05, 4.69) is 32.3 Å². The van der Waals surface area contributed by atoms with E-state index >= 15 is 0 Å². The molecular weight excluding hydrogens is 312 g/mol. The first-order valence-electron chi connectivity index (χ1n) is 8.78. The summed E-state index contributed by atoms with van der Waals surface area (Å²) in [6.45, 7) is 3.87. The van der Waals surface area contributed by atoms with Crippen LogP contribution < -0.4 is 10.6 Å². The van der Waals surface area contributed by atoms with E-state index in [1.165, 1.54) is 0 Å². The second-order valence-electron chi connectivity index (χ2n) is 6.55. The lowest BCUT2D eigenvalue weighted by Crippen LogP contribution is -2.45. The smallest absolute Gasteiger partial charge is 0.251 e. The molecule has 0 radical (unpaired) electrons. The molecule has 1 saturated heterocycles. The molecule has 4 rings (SSSR count). The molecule has 1 aliphatic rings. The molecule has 5 heteroatoms. The third-order valence-electron chi connectivity index (χ3n) is 4.73. The van der Waals surface area contributed by atoms with E-state index < -0.39 is 0 Å². The summed E-state index contributed by atoms with van der Waals surface area (Å²) in [6.07, 6.45) is 2.13. The molecule has 1 atom stereocenters. The van der Waals surface area contributed by atoms with Crippen molar-refractivity contribution in [1.82, 2.24) is 20.2 Å². The third-order valence-corrected chi connectivity index (χ3v) is 4.73. The molecule has 2 heterocycles. The van der Waals surface area contributed by atoms with E-state index in [9.17, 15) is 4.79 Å². The van der Waals surface area contributed by atoms with Gasteiger partial charge in [0.2, 0.25) is 0 Å². The van der Waals surface area contributed by atoms with Gasteiger partial charge in [0.25, 0.3) is 5.91 Å². The van der Waals surface area contributed by atoms with Gasteiger partial charge in [-0.1, -0.05) is 18.2 Å². The van der Waals surface area contributed by atoms with Gasteiger partial charge in [0.05, 0.1) is 11.0 Å². The number of para-hydroxylation sites is 1. The lowest BCUT2D eigenvalue weighted by Gasteiger charge is -2.23. The Morgan fingerprint density at radius 1 is 1.24 bits per heavy atom. The summed E-state index contributed by atoms with van der Waals surface area (Å²) in [7, 11) is 0. The largest absolute Gasteiger partial charge is 0.348 e. The van der Waals surface area contributed by atoms with Gasteiger partial charge in [0.1, 0.15) is 5.82 Å². The molecule has 1 aromatic heterocycles. The number of carbonyl (C=O) groups is 1. The lowest BCUT2D eigenvalue weighted by atomic mass is 10.1. The number of carbonyl (C=O) groups excluding carboxylic acids is 1. The van der Waals surface area contributed by atoms with Gasteiger partial charge < -0.3 is 10.6 Å². The molecule has 0 spiro atoms. The van der Waals surface area contributed by atoms with Gasteiger partial charge >= 0.3 is 0 Å². The number of nitrogens with one attached hydrogen (secondary N) is 2. The Hall–Kier alpha value is -2.66. The van der Waals surface area contributed by atoms with Gasteiger partial charge in [-0.2, -0.15) is 0 Å². The quantitative estimate of drug-likeness (QED) is 0.774. The van der Waals surface area contributed by atoms with Crippen molar-refractivity contribution in [2.75, 3.05) is 13.1 Å². The number of fused-ring (bicyclic) bond motifs is 1. The highest BCUT2D eigenvalue weighted by Gasteiger charge is 2.17. The van der Waals surface area contributed by atoms with Crippen molar-refractivity contribution in [2.24, 2.45) is 0 Å². The van der Waals surface area contributed by atoms with Crippen molar-refractivity contribution >= 4 is 16.9 Å². The van der Waals surface area contributed by atoms with Crippen LogP contribution >= 0.6 is 0 Å². The standard InChI is InChI=1S/C20H22N4O/c1-14-22-18-12-15(20(25)23-16-6-5-11-21-13-16)9-10-19(18)24(14)17-7-3-2-4-8-17/h2-4,7-10,12,16,21H,5-6,11,13H2,1H3,(H,23,25). The minimum atomic E-state index is -0.0254. The summed E-state index contributed by atoms with van der Waals surface area (Å²) in [5.41, 5.74) is 3.60. The molecule has 2 N–H and O–H groups in total. The molecule has 1 aliphatic heterocycles. The molecule has 0 saturated carbocycles. The molecule has 1 amide bonds. The van der Waals surface area contributed by atoms with Crippen LogP contribution in [0.15, 0.2) is 48.5 Å². The highest BCUT2D eigenvalue weighted by molar-refractivity contribution is 5.97. The van der Waals surface area contributed by atoms with Crippen molar-refractivity contribution in [3.8, 4) is 5.69 Å². The average molecular weight is 334 g/mol. The van der Waals surface area contributed by atoms with Crippen LogP contribution in [0.2, 0.25) is 0 Å². The Balaban J connectivity index is 1.64. The Bertz CT molecular complexity index is 895. The van der Waals surface area contributed by atoms with Gasteiger partial charge in [0, 0.05) is 23.8 Å². The summed E-state index contributed by atoms with van der Waals surface area (Å²) >= 11 is 0. The zero-order valence-corrected chi connectivity index (χ0v) is 14.3. The van der Waals surface area contributed by atoms with E-state index in [4.69, 9.17) is 0 Å². The fraction of sp³-hybridized carbons (Fsp3) is 0.300. The fourth-order valence-corrected chi connectivity index (χ4v) is 3.49. The number of benzene rings is 2. The van der Waals surface area contributed by atoms with Crippen molar-refractivity contribution < 1.29 is 4.79 Å². The van der Waals surface area contributed by atoms with E-state index in [0.29, 0.717) is 5.56 Å². The molecule has 5 nitrogen and oxygen atoms in total. The fourth-order valence-electron chi connectivity index (χ4n) is 3.49. The molecule has 3 aromatic rings. The maximum atomic E-state index is 12.5. The first-order chi connectivity index (χ1) is 12.2. The minimum Gasteiger partial charge on any atom is -0.348 e. The number of hydrogen-bond donors (Lipinski definition) is 2. The van der Waals surface area contributed by atoms with E-state index in [1.807, 2.05) is 43.3 Å². The van der Waals surface area contributed by atoms with Crippen molar-refractivity contribution in [3.63, 3.8) is 0 Å². The van der Waals surface area contributed by atoms with E-state index in [0.717, 1.165) is 48.5 Å². The van der Waals surface area contributed by atoms with Crippen LogP contribution in [0.4, 0.5) is 0 Å². The summed E-state index contributed by atoms with van der Waals surface area (Å²) in [6, 6.07) is 16.1. The van der Waals surface area contributed by atoms with Crippen molar-refractivity contribution in [3.05, 3.63) is 59.9 Å². The number of rotatable bonds is 3. The number of imidazole rings is 1. The Kier molecular flexibility index (Phi) is 4.24. The molecule has 128 valence electrons. The van der Waals surface area contributed by atoms with Crippen LogP contribution in [-0.2, 0) is 0 Å². The topological polar surface area (TPSA) is 59.0 Å². The number of nitrogens with zero attached hydrogens (tertiary/aromatic N) is 2. The molecule has 0 aliphatic carbocycles. The van der Waals surface area contributed by atoms with Crippen LogP contribution in [0, 0.1) is 6.92 Å². The van der Waals surface area contributed by atoms with E-state index in [1.54, 1.807) is 0 Å². The Morgan fingerprint density at radius 3 is 2.84 bits per heavy atom. The van der Waals surface area contributed by atoms with Crippen LogP contribution in [0.1, 0.15) is 29.0 Å². The average Bonchev–Trinajstić information content (AvgIpc) is 2.98. The van der Waals surface area contributed by atoms with Gasteiger partial charge in [-0.15, -0.1) is 0 Å². The summed E-state index contributed by atoms with van der Waals surface area (Å²) in [5, 5.41) is 6.44. The normalized spacial score (nSPS) is 17.6. The minimum absolute atomic E-state index is 0.0254. The Labute approximate surface area is 147 Å². The second-order valence-corrected chi connectivity index (χ2v) is 6.55. The first-order valence-corrected chi connectivity index (χ1v) is 8.78. The molecule has 1 unspecified atom stereocenters. The number of hydrogen-bond acceptors (Lipinski definition) is 3. The third kappa shape index (κ3) is 3.15. The zero-order valence-electron chi connectivity index (χ0n) is 14.3. The van der Waals surface area contributed by atoms with Gasteiger partial charge in [-0.25, -0.2) is 4.98 Å². The number of piperidine rings is 1. The van der Waals surface area contributed by atoms with Crippen molar-refractivity contribution in [1.29, 1.82) is 0 Å². The molecule has 2 aromatic carbocycles. The van der Waals surface area contributed by atoms with Gasteiger partial charge in [-0.05, 0) is 56.6 Å². The maximum Gasteiger partial charge on any atom is 0.251 e. The van der Waals surface area contributed by atoms with E-state index in [-0.39, 0.29) is 11.9 Å². The summed E-state index contributed by atoms with van der Waals surface area (Å²) in [5.74, 6) is 0.887. The molecular formula is C20H22N4O. The predicted octanol–water partition coefficient (Wildman–Crippen LogP) is 2.82. The Morgan fingerprint density at radius 2 is 2.08 bits per heavy atom. The molecule has 25 heavy (non-hydrogen) atoms. The number of amides is 1. The van der Waals surface area contributed by atoms with Crippen LogP contribution in [0.5, 0.6) is 0 Å². The van der Waals surface area contributed by atoms with Crippen LogP contribution in [-0.4, -0.2) is 34.6 Å².